The van der Waals surface area contributed by atoms with Crippen LogP contribution < -0.4 is 0 Å². The van der Waals surface area contributed by atoms with Gasteiger partial charge in [0.25, 0.3) is 0 Å². The molecule has 1 aliphatic heterocycles. The van der Waals surface area contributed by atoms with E-state index in [4.69, 9.17) is 18.9 Å². The van der Waals surface area contributed by atoms with Crippen LogP contribution >= 0.6 is 0 Å². The summed E-state index contributed by atoms with van der Waals surface area (Å²) in [7, 11) is 0. The summed E-state index contributed by atoms with van der Waals surface area (Å²) in [6.45, 7) is 4.32. The summed E-state index contributed by atoms with van der Waals surface area (Å²) in [5.41, 5.74) is 0. The Morgan fingerprint density at radius 2 is 0.906 bits per heavy atom. The SMILES string of the molecule is CC/C=C\C/C=C\C/C=C\C/C=C\CCCCCCCCCCCCCOCC(COC1OC(CO)C(O)C(O)C1O)OC(=O)CCCCCCCCC/C=C\C/C=C\C/C=C\CC. The highest BCUT2D eigenvalue weighted by atomic mass is 16.7. The van der Waals surface area contributed by atoms with E-state index in [9.17, 15) is 25.2 Å². The fourth-order valence-electron chi connectivity index (χ4n) is 7.38. The van der Waals surface area contributed by atoms with E-state index >= 15 is 0 Å². The molecule has 9 heteroatoms. The second-order valence-electron chi connectivity index (χ2n) is 17.2. The second kappa shape index (κ2) is 45.5. The maximum absolute atomic E-state index is 12.8. The smallest absolute Gasteiger partial charge is 0.306 e. The normalized spacial score (nSPS) is 20.2. The first-order valence-electron chi connectivity index (χ1n) is 25.7. The minimum atomic E-state index is -1.54. The molecule has 0 aromatic carbocycles. The third-order valence-electron chi connectivity index (χ3n) is 11.3. The van der Waals surface area contributed by atoms with Crippen molar-refractivity contribution in [2.24, 2.45) is 0 Å². The molecule has 1 saturated heterocycles. The molecule has 64 heavy (non-hydrogen) atoms. The van der Waals surface area contributed by atoms with Gasteiger partial charge in [-0.05, 0) is 83.5 Å². The van der Waals surface area contributed by atoms with Gasteiger partial charge in [-0.1, -0.05) is 189 Å². The topological polar surface area (TPSA) is 135 Å². The first-order chi connectivity index (χ1) is 31.4. The van der Waals surface area contributed by atoms with Crippen molar-refractivity contribution < 1.29 is 44.2 Å². The number of carbonyl (C=O) groups is 1. The maximum Gasteiger partial charge on any atom is 0.306 e. The van der Waals surface area contributed by atoms with Gasteiger partial charge in [0, 0.05) is 13.0 Å². The number of esters is 1. The lowest BCUT2D eigenvalue weighted by molar-refractivity contribution is -0.305. The van der Waals surface area contributed by atoms with Crippen LogP contribution in [0.1, 0.15) is 194 Å². The molecular weight excluding hydrogens is 805 g/mol. The highest BCUT2D eigenvalue weighted by Gasteiger charge is 2.44. The van der Waals surface area contributed by atoms with Crippen molar-refractivity contribution in [2.75, 3.05) is 26.4 Å². The summed E-state index contributed by atoms with van der Waals surface area (Å²) < 4.78 is 22.9. The van der Waals surface area contributed by atoms with Gasteiger partial charge < -0.3 is 39.4 Å². The average molecular weight is 899 g/mol. The Hall–Kier alpha value is -2.63. The number of unbranched alkanes of at least 4 members (excludes halogenated alkanes) is 18. The molecule has 0 saturated carbocycles. The van der Waals surface area contributed by atoms with Crippen LogP contribution in [0.5, 0.6) is 0 Å². The zero-order valence-corrected chi connectivity index (χ0v) is 40.5. The van der Waals surface area contributed by atoms with Gasteiger partial charge in [0.05, 0.1) is 19.8 Å². The van der Waals surface area contributed by atoms with Crippen LogP contribution in [0.15, 0.2) is 85.1 Å². The molecule has 9 nitrogen and oxygen atoms in total. The van der Waals surface area contributed by atoms with E-state index < -0.39 is 43.4 Å². The zero-order valence-electron chi connectivity index (χ0n) is 40.5. The van der Waals surface area contributed by atoms with Gasteiger partial charge in [-0.2, -0.15) is 0 Å². The number of allylic oxidation sites excluding steroid dienone is 14. The first-order valence-corrected chi connectivity index (χ1v) is 25.7. The molecule has 368 valence electrons. The van der Waals surface area contributed by atoms with E-state index in [1.54, 1.807) is 0 Å². The third-order valence-corrected chi connectivity index (χ3v) is 11.3. The minimum Gasteiger partial charge on any atom is -0.457 e. The molecule has 0 bridgehead atoms. The molecule has 0 spiro atoms. The lowest BCUT2D eigenvalue weighted by Crippen LogP contribution is -2.59. The molecular formula is C55H94O9. The monoisotopic (exact) mass is 899 g/mol. The van der Waals surface area contributed by atoms with Crippen LogP contribution in [0.2, 0.25) is 0 Å². The van der Waals surface area contributed by atoms with E-state index in [1.807, 2.05) is 0 Å². The zero-order chi connectivity index (χ0) is 46.4. The fraction of sp³-hybridized carbons (Fsp3) is 0.727. The molecule has 1 rings (SSSR count). The Kier molecular flexibility index (Phi) is 42.2. The number of hydrogen-bond acceptors (Lipinski definition) is 9. The van der Waals surface area contributed by atoms with Crippen LogP contribution in [0.25, 0.3) is 0 Å². The molecule has 0 aromatic heterocycles. The first kappa shape index (κ1) is 59.4. The molecule has 0 aliphatic carbocycles. The van der Waals surface area contributed by atoms with Crippen molar-refractivity contribution in [3.05, 3.63) is 85.1 Å². The summed E-state index contributed by atoms with van der Waals surface area (Å²) in [5, 5.41) is 40.3. The molecule has 0 radical (unpaired) electrons. The minimum absolute atomic E-state index is 0.123. The van der Waals surface area contributed by atoms with Gasteiger partial charge in [-0.25, -0.2) is 0 Å². The average Bonchev–Trinajstić information content (AvgIpc) is 3.30. The van der Waals surface area contributed by atoms with Gasteiger partial charge in [0.15, 0.2) is 6.29 Å². The molecule has 1 fully saturated rings. The third kappa shape index (κ3) is 35.6. The van der Waals surface area contributed by atoms with Crippen molar-refractivity contribution >= 4 is 5.97 Å². The van der Waals surface area contributed by atoms with Crippen LogP contribution in [0, 0.1) is 0 Å². The van der Waals surface area contributed by atoms with Gasteiger partial charge in [0.2, 0.25) is 0 Å². The standard InChI is InChI=1S/C55H94O9/c1-3-5-7-9-11-13-15-17-19-21-22-23-24-25-26-27-29-31-33-35-37-39-41-43-45-61-47-49(48-62-55-54(60)53(59)52(58)50(46-56)64-55)63-51(57)44-42-40-38-36-34-32-30-28-20-18-16-14-12-10-8-6-4-2/h5-8,11-14,17-20,22-23,49-50,52-56,58-60H,3-4,9-10,15-16,21,24-48H2,1-2H3/b7-5-,8-6-,13-11-,14-12-,19-17-,20-18-,23-22-. The van der Waals surface area contributed by atoms with Gasteiger partial charge in [0.1, 0.15) is 30.5 Å². The van der Waals surface area contributed by atoms with E-state index in [1.165, 1.54) is 83.5 Å². The number of aliphatic hydroxyl groups excluding tert-OH is 4. The van der Waals surface area contributed by atoms with Crippen LogP contribution in [0.3, 0.4) is 0 Å². The Balaban J connectivity index is 2.20. The summed E-state index contributed by atoms with van der Waals surface area (Å²) in [6.07, 6.45) is 54.7. The molecule has 0 amide bonds. The lowest BCUT2D eigenvalue weighted by atomic mass is 9.99. The molecule has 1 aliphatic rings. The number of rotatable bonds is 43. The Bertz CT molecular complexity index is 1250. The Morgan fingerprint density at radius 1 is 0.500 bits per heavy atom. The van der Waals surface area contributed by atoms with Crippen LogP contribution in [-0.4, -0.2) is 89.6 Å². The predicted molar refractivity (Wildman–Crippen MR) is 265 cm³/mol. The van der Waals surface area contributed by atoms with E-state index in [-0.39, 0.29) is 19.2 Å². The molecule has 0 aromatic rings. The van der Waals surface area contributed by atoms with Crippen molar-refractivity contribution in [3.63, 3.8) is 0 Å². The predicted octanol–water partition coefficient (Wildman–Crippen LogP) is 12.6. The number of ether oxygens (including phenoxy) is 4. The molecule has 1 heterocycles. The second-order valence-corrected chi connectivity index (χ2v) is 17.2. The van der Waals surface area contributed by atoms with E-state index in [2.05, 4.69) is 98.9 Å². The quantitative estimate of drug-likeness (QED) is 0.0268. The highest BCUT2D eigenvalue weighted by molar-refractivity contribution is 5.69. The van der Waals surface area contributed by atoms with Crippen molar-refractivity contribution in [2.45, 2.75) is 230 Å². The summed E-state index contributed by atoms with van der Waals surface area (Å²) >= 11 is 0. The summed E-state index contributed by atoms with van der Waals surface area (Å²) in [4.78, 5) is 12.8. The fourth-order valence-corrected chi connectivity index (χ4v) is 7.38. The summed E-state index contributed by atoms with van der Waals surface area (Å²) in [6, 6.07) is 0. The molecule has 6 unspecified atom stereocenters. The number of aliphatic hydroxyl groups is 4. The lowest BCUT2D eigenvalue weighted by Gasteiger charge is -2.39. The Labute approximate surface area is 390 Å². The van der Waals surface area contributed by atoms with E-state index in [0.717, 1.165) is 89.9 Å². The maximum atomic E-state index is 12.8. The van der Waals surface area contributed by atoms with Crippen molar-refractivity contribution in [3.8, 4) is 0 Å². The number of hydrogen-bond donors (Lipinski definition) is 4. The largest absolute Gasteiger partial charge is 0.457 e. The Morgan fingerprint density at radius 3 is 1.36 bits per heavy atom. The van der Waals surface area contributed by atoms with Gasteiger partial charge in [-0.3, -0.25) is 4.79 Å². The van der Waals surface area contributed by atoms with Crippen molar-refractivity contribution in [1.29, 1.82) is 0 Å². The van der Waals surface area contributed by atoms with Crippen LogP contribution in [0.4, 0.5) is 0 Å². The molecule has 6 atom stereocenters. The highest BCUT2D eigenvalue weighted by Crippen LogP contribution is 2.23. The molecule has 4 N–H and O–H groups in total. The van der Waals surface area contributed by atoms with E-state index in [0.29, 0.717) is 13.0 Å². The van der Waals surface area contributed by atoms with Gasteiger partial charge in [-0.15, -0.1) is 0 Å². The number of carbonyl (C=O) groups excluding carboxylic acids is 1. The van der Waals surface area contributed by atoms with Gasteiger partial charge >= 0.3 is 5.97 Å². The summed E-state index contributed by atoms with van der Waals surface area (Å²) in [5.74, 6) is -0.327. The van der Waals surface area contributed by atoms with Crippen LogP contribution in [-0.2, 0) is 23.7 Å². The van der Waals surface area contributed by atoms with Crippen molar-refractivity contribution in [1.82, 2.24) is 0 Å².